The summed E-state index contributed by atoms with van der Waals surface area (Å²) in [4.78, 5) is 30.5. The van der Waals surface area contributed by atoms with Gasteiger partial charge < -0.3 is 0 Å². The van der Waals surface area contributed by atoms with Crippen molar-refractivity contribution in [2.45, 2.75) is 44.7 Å². The molecule has 0 aromatic carbocycles. The first-order valence-electron chi connectivity index (χ1n) is 9.41. The van der Waals surface area contributed by atoms with E-state index in [9.17, 15) is 9.59 Å². The Morgan fingerprint density at radius 3 is 2.54 bits per heavy atom. The smallest absolute Gasteiger partial charge is 0.266 e. The number of likely N-dealkylation sites (tertiary alicyclic amines) is 1. The van der Waals surface area contributed by atoms with Gasteiger partial charge in [0.2, 0.25) is 0 Å². The van der Waals surface area contributed by atoms with Crippen molar-refractivity contribution >= 4 is 0 Å². The fourth-order valence-electron chi connectivity index (χ4n) is 3.62. The summed E-state index contributed by atoms with van der Waals surface area (Å²) in [5.41, 5.74) is 1.05. The minimum Gasteiger partial charge on any atom is -0.299 e. The van der Waals surface area contributed by atoms with Gasteiger partial charge in [-0.05, 0) is 50.8 Å². The molecule has 0 bridgehead atoms. The van der Waals surface area contributed by atoms with Crippen LogP contribution in [0.15, 0.2) is 34.0 Å². The largest absolute Gasteiger partial charge is 0.299 e. The molecule has 2 aromatic rings. The summed E-state index contributed by atoms with van der Waals surface area (Å²) in [5.74, 6) is 1.83. The van der Waals surface area contributed by atoms with Gasteiger partial charge >= 0.3 is 0 Å². The Morgan fingerprint density at radius 1 is 1.04 bits per heavy atom. The van der Waals surface area contributed by atoms with Crippen molar-refractivity contribution in [3.05, 3.63) is 56.6 Å². The van der Waals surface area contributed by atoms with Gasteiger partial charge in [0, 0.05) is 37.8 Å². The van der Waals surface area contributed by atoms with Gasteiger partial charge in [0.05, 0.1) is 12.2 Å². The standard InChI is InChI=1S/C19H25N5O2/c1-22-17(20-9-6-18(22)25)13-23-10-7-14(8-11-23)12-24-19(26)5-4-16(21-24)15-2-3-15/h4-6,9,14-15H,2-3,7-8,10-13H2,1H3. The summed E-state index contributed by atoms with van der Waals surface area (Å²) in [7, 11) is 1.77. The molecule has 2 aromatic heterocycles. The topological polar surface area (TPSA) is 73.0 Å². The van der Waals surface area contributed by atoms with Crippen LogP contribution in [-0.4, -0.2) is 37.3 Å². The number of hydrogen-bond donors (Lipinski definition) is 0. The lowest BCUT2D eigenvalue weighted by Gasteiger charge is -2.31. The summed E-state index contributed by atoms with van der Waals surface area (Å²) in [6.07, 6.45) is 6.03. The van der Waals surface area contributed by atoms with Gasteiger partial charge in [0.1, 0.15) is 5.82 Å². The normalized spacial score (nSPS) is 19.0. The van der Waals surface area contributed by atoms with Crippen LogP contribution in [0.4, 0.5) is 0 Å². The SMILES string of the molecule is Cn1c(CN2CCC(Cn3nc(C4CC4)ccc3=O)CC2)nccc1=O. The Kier molecular flexibility index (Phi) is 4.72. The van der Waals surface area contributed by atoms with Crippen molar-refractivity contribution < 1.29 is 0 Å². The second kappa shape index (κ2) is 7.15. The zero-order valence-corrected chi connectivity index (χ0v) is 15.2. The molecule has 0 N–H and O–H groups in total. The molecule has 4 rings (SSSR count). The highest BCUT2D eigenvalue weighted by Crippen LogP contribution is 2.38. The third-order valence-corrected chi connectivity index (χ3v) is 5.54. The first-order valence-corrected chi connectivity index (χ1v) is 9.41. The van der Waals surface area contributed by atoms with E-state index in [1.165, 1.54) is 18.9 Å². The fourth-order valence-corrected chi connectivity index (χ4v) is 3.62. The molecule has 0 spiro atoms. The van der Waals surface area contributed by atoms with Gasteiger partial charge in [-0.2, -0.15) is 5.10 Å². The van der Waals surface area contributed by atoms with E-state index in [0.717, 1.165) is 37.4 Å². The third kappa shape index (κ3) is 3.77. The van der Waals surface area contributed by atoms with E-state index in [2.05, 4.69) is 15.0 Å². The van der Waals surface area contributed by atoms with Crippen LogP contribution in [0.5, 0.6) is 0 Å². The predicted molar refractivity (Wildman–Crippen MR) is 98.0 cm³/mol. The summed E-state index contributed by atoms with van der Waals surface area (Å²) >= 11 is 0. The Bertz CT molecular complexity index is 891. The van der Waals surface area contributed by atoms with Crippen molar-refractivity contribution in [1.82, 2.24) is 24.2 Å². The minimum atomic E-state index is -0.0223. The highest BCUT2D eigenvalue weighted by Gasteiger charge is 2.26. The van der Waals surface area contributed by atoms with Gasteiger partial charge in [-0.15, -0.1) is 0 Å². The van der Waals surface area contributed by atoms with Crippen LogP contribution in [0.1, 0.15) is 43.1 Å². The van der Waals surface area contributed by atoms with Crippen molar-refractivity contribution in [2.75, 3.05) is 13.1 Å². The van der Waals surface area contributed by atoms with E-state index in [4.69, 9.17) is 0 Å². The zero-order valence-electron chi connectivity index (χ0n) is 15.2. The summed E-state index contributed by atoms with van der Waals surface area (Å²) in [6, 6.07) is 5.03. The number of nitrogens with zero attached hydrogens (tertiary/aromatic N) is 5. The molecule has 1 saturated carbocycles. The predicted octanol–water partition coefficient (Wildman–Crippen LogP) is 1.13. The van der Waals surface area contributed by atoms with Crippen LogP contribution in [-0.2, 0) is 20.1 Å². The molecular weight excluding hydrogens is 330 g/mol. The van der Waals surface area contributed by atoms with Crippen molar-refractivity contribution in [1.29, 1.82) is 0 Å². The second-order valence-corrected chi connectivity index (χ2v) is 7.53. The van der Waals surface area contributed by atoms with Gasteiger partial charge in [-0.25, -0.2) is 9.67 Å². The Morgan fingerprint density at radius 2 is 1.81 bits per heavy atom. The molecular formula is C19H25N5O2. The zero-order chi connectivity index (χ0) is 18.1. The monoisotopic (exact) mass is 355 g/mol. The van der Waals surface area contributed by atoms with Crippen LogP contribution in [0, 0.1) is 5.92 Å². The molecule has 0 unspecified atom stereocenters. The lowest BCUT2D eigenvalue weighted by Crippen LogP contribution is -2.38. The third-order valence-electron chi connectivity index (χ3n) is 5.54. The van der Waals surface area contributed by atoms with Crippen LogP contribution in [0.2, 0.25) is 0 Å². The van der Waals surface area contributed by atoms with E-state index in [-0.39, 0.29) is 11.1 Å². The molecule has 1 saturated heterocycles. The quantitative estimate of drug-likeness (QED) is 0.804. The average Bonchev–Trinajstić information content (AvgIpc) is 3.48. The molecule has 7 heteroatoms. The Hall–Kier alpha value is -2.28. The molecule has 0 amide bonds. The lowest BCUT2D eigenvalue weighted by molar-refractivity contribution is 0.158. The molecule has 1 aliphatic carbocycles. The number of piperidine rings is 1. The van der Waals surface area contributed by atoms with E-state index < -0.39 is 0 Å². The van der Waals surface area contributed by atoms with Crippen LogP contribution >= 0.6 is 0 Å². The average molecular weight is 355 g/mol. The number of rotatable bonds is 5. The molecule has 2 fully saturated rings. The van der Waals surface area contributed by atoms with Gasteiger partial charge in [-0.3, -0.25) is 19.1 Å². The fraction of sp³-hybridized carbons (Fsp3) is 0.579. The maximum Gasteiger partial charge on any atom is 0.266 e. The lowest BCUT2D eigenvalue weighted by atomic mass is 9.97. The van der Waals surface area contributed by atoms with E-state index in [1.807, 2.05) is 6.07 Å². The Labute approximate surface area is 152 Å². The van der Waals surface area contributed by atoms with Crippen molar-refractivity contribution in [3.8, 4) is 0 Å². The molecule has 26 heavy (non-hydrogen) atoms. The maximum atomic E-state index is 12.1. The molecule has 0 atom stereocenters. The van der Waals surface area contributed by atoms with Gasteiger partial charge in [0.25, 0.3) is 11.1 Å². The van der Waals surface area contributed by atoms with Crippen molar-refractivity contribution in [2.24, 2.45) is 13.0 Å². The second-order valence-electron chi connectivity index (χ2n) is 7.53. The van der Waals surface area contributed by atoms with Gasteiger partial charge in [-0.1, -0.05) is 0 Å². The maximum absolute atomic E-state index is 12.1. The first kappa shape index (κ1) is 17.1. The highest BCUT2D eigenvalue weighted by molar-refractivity contribution is 5.12. The Balaban J connectivity index is 1.35. The van der Waals surface area contributed by atoms with Crippen LogP contribution in [0.25, 0.3) is 0 Å². The molecule has 2 aliphatic rings. The summed E-state index contributed by atoms with van der Waals surface area (Å²) in [5, 5.41) is 4.58. The molecule has 3 heterocycles. The molecule has 0 radical (unpaired) electrons. The van der Waals surface area contributed by atoms with Crippen molar-refractivity contribution in [3.63, 3.8) is 0 Å². The summed E-state index contributed by atoms with van der Waals surface area (Å²) < 4.78 is 3.27. The number of aromatic nitrogens is 4. The summed E-state index contributed by atoms with van der Waals surface area (Å²) in [6.45, 7) is 3.29. The van der Waals surface area contributed by atoms with Crippen LogP contribution in [0.3, 0.4) is 0 Å². The minimum absolute atomic E-state index is 0.000292. The van der Waals surface area contributed by atoms with Crippen LogP contribution < -0.4 is 11.1 Å². The molecule has 138 valence electrons. The van der Waals surface area contributed by atoms with Gasteiger partial charge in [0.15, 0.2) is 0 Å². The van der Waals surface area contributed by atoms with E-state index >= 15 is 0 Å². The number of hydrogen-bond acceptors (Lipinski definition) is 5. The van der Waals surface area contributed by atoms with E-state index in [0.29, 0.717) is 24.9 Å². The van der Waals surface area contributed by atoms with E-state index in [1.54, 1.807) is 28.6 Å². The molecule has 1 aliphatic heterocycles. The first-order chi connectivity index (χ1) is 12.6. The highest BCUT2D eigenvalue weighted by atomic mass is 16.1. The molecule has 7 nitrogen and oxygen atoms in total.